The number of rotatable bonds is 4. The van der Waals surface area contributed by atoms with Gasteiger partial charge in [-0.05, 0) is 6.07 Å². The molecular weight excluding hydrogens is 210 g/mol. The summed E-state index contributed by atoms with van der Waals surface area (Å²) in [6.07, 6.45) is 1.75. The summed E-state index contributed by atoms with van der Waals surface area (Å²) in [5, 5.41) is 3.99. The molecule has 0 unspecified atom stereocenters. The fourth-order valence-corrected chi connectivity index (χ4v) is 2.04. The minimum atomic E-state index is -0.0656. The van der Waals surface area contributed by atoms with Gasteiger partial charge in [0.05, 0.1) is 10.7 Å². The van der Waals surface area contributed by atoms with Crippen molar-refractivity contribution < 1.29 is 4.79 Å². The first-order chi connectivity index (χ1) is 7.06. The number of carbonyl (C=O) groups excluding carboxylic acids is 1. The maximum atomic E-state index is 11.7. The summed E-state index contributed by atoms with van der Waals surface area (Å²) in [7, 11) is 3.41. The molecule has 0 aromatic carbocycles. The summed E-state index contributed by atoms with van der Waals surface area (Å²) < 4.78 is 0. The highest BCUT2D eigenvalue weighted by Crippen LogP contribution is 2.29. The average Bonchev–Trinajstić information content (AvgIpc) is 2.55. The fraction of sp³-hybridized carbons (Fsp3) is 0.300. The SMILES string of the molecule is C=CCNc1cc(N)c(C(=O)N(C)C)s1. The van der Waals surface area contributed by atoms with E-state index in [-0.39, 0.29) is 5.91 Å². The van der Waals surface area contributed by atoms with Crippen molar-refractivity contribution in [2.24, 2.45) is 0 Å². The molecule has 0 aliphatic carbocycles. The quantitative estimate of drug-likeness (QED) is 0.766. The van der Waals surface area contributed by atoms with Crippen molar-refractivity contribution in [3.8, 4) is 0 Å². The Balaban J connectivity index is 2.86. The molecule has 0 aliphatic heterocycles. The predicted octanol–water partition coefficient (Wildman–Crippen LogP) is 1.63. The van der Waals surface area contributed by atoms with Gasteiger partial charge in [-0.2, -0.15) is 0 Å². The molecule has 0 bridgehead atoms. The average molecular weight is 225 g/mol. The first-order valence-electron chi connectivity index (χ1n) is 4.52. The minimum absolute atomic E-state index is 0.0656. The van der Waals surface area contributed by atoms with Crippen LogP contribution in [0, 0.1) is 0 Å². The lowest BCUT2D eigenvalue weighted by Crippen LogP contribution is -2.21. The van der Waals surface area contributed by atoms with E-state index in [2.05, 4.69) is 11.9 Å². The van der Waals surface area contributed by atoms with Crippen LogP contribution < -0.4 is 11.1 Å². The number of anilines is 2. The van der Waals surface area contributed by atoms with Gasteiger partial charge >= 0.3 is 0 Å². The Morgan fingerprint density at radius 1 is 1.73 bits per heavy atom. The summed E-state index contributed by atoms with van der Waals surface area (Å²) in [4.78, 5) is 13.7. The maximum Gasteiger partial charge on any atom is 0.265 e. The third-order valence-corrected chi connectivity index (χ3v) is 2.88. The van der Waals surface area contributed by atoms with E-state index in [9.17, 15) is 4.79 Å². The predicted molar refractivity (Wildman–Crippen MR) is 65.4 cm³/mol. The van der Waals surface area contributed by atoms with Crippen LogP contribution in [0.2, 0.25) is 0 Å². The molecule has 5 heteroatoms. The minimum Gasteiger partial charge on any atom is -0.397 e. The monoisotopic (exact) mass is 225 g/mol. The Morgan fingerprint density at radius 2 is 2.40 bits per heavy atom. The zero-order valence-electron chi connectivity index (χ0n) is 8.91. The summed E-state index contributed by atoms with van der Waals surface area (Å²) in [5.41, 5.74) is 6.27. The highest BCUT2D eigenvalue weighted by atomic mass is 32.1. The molecule has 15 heavy (non-hydrogen) atoms. The van der Waals surface area contributed by atoms with E-state index >= 15 is 0 Å². The number of nitrogens with two attached hydrogens (primary N) is 1. The number of nitrogens with zero attached hydrogens (tertiary/aromatic N) is 1. The van der Waals surface area contributed by atoms with Crippen LogP contribution >= 0.6 is 11.3 Å². The topological polar surface area (TPSA) is 58.4 Å². The molecule has 4 nitrogen and oxygen atoms in total. The zero-order chi connectivity index (χ0) is 11.4. The Hall–Kier alpha value is -1.49. The van der Waals surface area contributed by atoms with E-state index < -0.39 is 0 Å². The molecule has 1 rings (SSSR count). The smallest absolute Gasteiger partial charge is 0.265 e. The molecule has 0 spiro atoms. The zero-order valence-corrected chi connectivity index (χ0v) is 9.73. The lowest BCUT2D eigenvalue weighted by molar-refractivity contribution is 0.0833. The first-order valence-corrected chi connectivity index (χ1v) is 5.33. The van der Waals surface area contributed by atoms with Crippen molar-refractivity contribution in [3.05, 3.63) is 23.6 Å². The van der Waals surface area contributed by atoms with Crippen molar-refractivity contribution >= 4 is 27.9 Å². The van der Waals surface area contributed by atoms with Crippen molar-refractivity contribution in [2.45, 2.75) is 0 Å². The fourth-order valence-electron chi connectivity index (χ4n) is 1.04. The largest absolute Gasteiger partial charge is 0.397 e. The van der Waals surface area contributed by atoms with Gasteiger partial charge in [-0.3, -0.25) is 4.79 Å². The number of hydrogen-bond acceptors (Lipinski definition) is 4. The highest BCUT2D eigenvalue weighted by molar-refractivity contribution is 7.18. The Labute approximate surface area is 93.4 Å². The Morgan fingerprint density at radius 3 is 2.93 bits per heavy atom. The van der Waals surface area contributed by atoms with Gasteiger partial charge < -0.3 is 16.0 Å². The first kappa shape index (κ1) is 11.6. The second-order valence-corrected chi connectivity index (χ2v) is 4.32. The Kier molecular flexibility index (Phi) is 3.74. The van der Waals surface area contributed by atoms with Crippen LogP contribution in [-0.2, 0) is 0 Å². The van der Waals surface area contributed by atoms with Gasteiger partial charge in [0.25, 0.3) is 5.91 Å². The molecule has 1 aromatic rings. The number of nitrogen functional groups attached to an aromatic ring is 1. The van der Waals surface area contributed by atoms with Crippen molar-refractivity contribution in [2.75, 3.05) is 31.7 Å². The van der Waals surface area contributed by atoms with Crippen LogP contribution in [-0.4, -0.2) is 31.4 Å². The van der Waals surface area contributed by atoms with E-state index in [0.717, 1.165) is 5.00 Å². The summed E-state index contributed by atoms with van der Waals surface area (Å²) >= 11 is 1.36. The van der Waals surface area contributed by atoms with Gasteiger partial charge in [-0.15, -0.1) is 17.9 Å². The van der Waals surface area contributed by atoms with Crippen LogP contribution in [0.1, 0.15) is 9.67 Å². The third kappa shape index (κ3) is 2.73. The molecule has 1 amide bonds. The van der Waals surface area contributed by atoms with E-state index in [4.69, 9.17) is 5.73 Å². The number of thiophene rings is 1. The molecule has 0 saturated carbocycles. The number of carbonyl (C=O) groups is 1. The van der Waals surface area contributed by atoms with Crippen LogP contribution in [0.5, 0.6) is 0 Å². The van der Waals surface area contributed by atoms with Crippen molar-refractivity contribution in [3.63, 3.8) is 0 Å². The van der Waals surface area contributed by atoms with E-state index in [1.165, 1.54) is 16.2 Å². The van der Waals surface area contributed by atoms with Crippen LogP contribution in [0.25, 0.3) is 0 Å². The molecule has 0 saturated heterocycles. The molecule has 0 aliphatic rings. The number of amides is 1. The number of hydrogen-bond donors (Lipinski definition) is 2. The molecule has 1 heterocycles. The third-order valence-electron chi connectivity index (χ3n) is 1.78. The highest BCUT2D eigenvalue weighted by Gasteiger charge is 2.15. The van der Waals surface area contributed by atoms with E-state index in [0.29, 0.717) is 17.1 Å². The molecule has 1 aromatic heterocycles. The maximum absolute atomic E-state index is 11.7. The molecule has 82 valence electrons. The summed E-state index contributed by atoms with van der Waals surface area (Å²) in [6.45, 7) is 4.27. The number of nitrogens with one attached hydrogen (secondary N) is 1. The van der Waals surface area contributed by atoms with Gasteiger partial charge in [0.1, 0.15) is 4.88 Å². The van der Waals surface area contributed by atoms with Gasteiger partial charge in [0.15, 0.2) is 0 Å². The van der Waals surface area contributed by atoms with Gasteiger partial charge in [0.2, 0.25) is 0 Å². The van der Waals surface area contributed by atoms with E-state index in [1.807, 2.05) is 0 Å². The van der Waals surface area contributed by atoms with Crippen LogP contribution in [0.4, 0.5) is 10.7 Å². The summed E-state index contributed by atoms with van der Waals surface area (Å²) in [6, 6.07) is 1.77. The molecular formula is C10H15N3OS. The van der Waals surface area contributed by atoms with E-state index in [1.54, 1.807) is 26.2 Å². The van der Waals surface area contributed by atoms with Crippen molar-refractivity contribution in [1.82, 2.24) is 4.90 Å². The van der Waals surface area contributed by atoms with Gasteiger partial charge in [-0.25, -0.2) is 0 Å². The molecule has 0 fully saturated rings. The second kappa shape index (κ2) is 4.84. The lowest BCUT2D eigenvalue weighted by Gasteiger charge is -2.08. The molecule has 0 atom stereocenters. The normalized spacial score (nSPS) is 9.73. The molecule has 0 radical (unpaired) electrons. The standard InChI is InChI=1S/C10H15N3OS/c1-4-5-12-8-6-7(11)9(15-8)10(14)13(2)3/h4,6,12H,1,5,11H2,2-3H3. The van der Waals surface area contributed by atoms with Crippen LogP contribution in [0.3, 0.4) is 0 Å². The van der Waals surface area contributed by atoms with Gasteiger partial charge in [-0.1, -0.05) is 6.08 Å². The summed E-state index contributed by atoms with van der Waals surface area (Å²) in [5.74, 6) is -0.0656. The van der Waals surface area contributed by atoms with Crippen LogP contribution in [0.15, 0.2) is 18.7 Å². The van der Waals surface area contributed by atoms with Gasteiger partial charge in [0, 0.05) is 20.6 Å². The lowest BCUT2D eigenvalue weighted by atomic mass is 10.3. The van der Waals surface area contributed by atoms with Crippen molar-refractivity contribution in [1.29, 1.82) is 0 Å². The molecule has 3 N–H and O–H groups in total. The second-order valence-electron chi connectivity index (χ2n) is 3.26. The Bertz CT molecular complexity index is 371.